The molecule has 1 aromatic carbocycles. The summed E-state index contributed by atoms with van der Waals surface area (Å²) in [6, 6.07) is 13.9. The summed E-state index contributed by atoms with van der Waals surface area (Å²) in [5, 5.41) is 6.25. The van der Waals surface area contributed by atoms with E-state index in [1.165, 1.54) is 6.07 Å². The van der Waals surface area contributed by atoms with Crippen molar-refractivity contribution in [2.24, 2.45) is 0 Å². The third kappa shape index (κ3) is 8.77. The van der Waals surface area contributed by atoms with Gasteiger partial charge in [-0.25, -0.2) is 8.78 Å². The molecular formula is C21H21F2IrN5-2. The first kappa shape index (κ1) is 26.1. The SMILES string of the molecule is CN(C)c1cc(-c2[c-]c(F)cc(F)c2)nc(N(C)C)c1.[C-]#N.[Ir].c1ccncc1. The largest absolute Gasteiger partial charge is 0.512 e. The Labute approximate surface area is 184 Å². The molecule has 1 radical (unpaired) electrons. The average molecular weight is 574 g/mol. The molecule has 0 N–H and O–H groups in total. The summed E-state index contributed by atoms with van der Waals surface area (Å²) in [6.45, 7) is 4.75. The van der Waals surface area contributed by atoms with E-state index in [0.717, 1.165) is 11.8 Å². The van der Waals surface area contributed by atoms with Gasteiger partial charge in [0.05, 0.1) is 0 Å². The van der Waals surface area contributed by atoms with E-state index in [2.05, 4.69) is 16.0 Å². The van der Waals surface area contributed by atoms with E-state index in [4.69, 9.17) is 11.8 Å². The molecule has 0 spiro atoms. The maximum absolute atomic E-state index is 13.3. The first-order valence-electron chi connectivity index (χ1n) is 8.19. The topological polar surface area (TPSA) is 56.1 Å². The molecule has 0 saturated heterocycles. The van der Waals surface area contributed by atoms with Crippen molar-refractivity contribution < 1.29 is 28.9 Å². The maximum atomic E-state index is 13.3. The third-order valence-corrected chi connectivity index (χ3v) is 3.41. The van der Waals surface area contributed by atoms with Gasteiger partial charge in [0, 0.05) is 84.1 Å². The molecule has 0 unspecified atom stereocenters. The van der Waals surface area contributed by atoms with E-state index in [1.54, 1.807) is 18.5 Å². The van der Waals surface area contributed by atoms with Crippen LogP contribution in [-0.4, -0.2) is 38.2 Å². The summed E-state index contributed by atoms with van der Waals surface area (Å²) in [6.07, 6.45) is 3.50. The number of anilines is 2. The molecule has 8 heteroatoms. The Morgan fingerprint density at radius 3 is 1.93 bits per heavy atom. The van der Waals surface area contributed by atoms with Crippen LogP contribution in [0.2, 0.25) is 0 Å². The van der Waals surface area contributed by atoms with Gasteiger partial charge >= 0.3 is 0 Å². The molecule has 0 bridgehead atoms. The van der Waals surface area contributed by atoms with Gasteiger partial charge in [0.25, 0.3) is 0 Å². The van der Waals surface area contributed by atoms with Crippen molar-refractivity contribution in [2.45, 2.75) is 0 Å². The molecule has 0 aliphatic heterocycles. The van der Waals surface area contributed by atoms with E-state index >= 15 is 0 Å². The van der Waals surface area contributed by atoms with E-state index in [9.17, 15) is 8.78 Å². The van der Waals surface area contributed by atoms with Crippen molar-refractivity contribution in [1.82, 2.24) is 9.97 Å². The molecule has 0 saturated carbocycles. The van der Waals surface area contributed by atoms with Crippen LogP contribution in [0.25, 0.3) is 11.3 Å². The molecule has 0 aliphatic carbocycles. The predicted octanol–water partition coefficient (Wildman–Crippen LogP) is 4.13. The number of hydrogen-bond acceptors (Lipinski definition) is 5. The Hall–Kier alpha value is -2.88. The summed E-state index contributed by atoms with van der Waals surface area (Å²) in [7, 11) is 7.52. The van der Waals surface area contributed by atoms with Gasteiger partial charge in [-0.15, -0.1) is 17.7 Å². The van der Waals surface area contributed by atoms with Crippen LogP contribution < -0.4 is 9.80 Å². The van der Waals surface area contributed by atoms with Gasteiger partial charge < -0.3 is 21.6 Å². The van der Waals surface area contributed by atoms with Gasteiger partial charge in [-0.1, -0.05) is 18.2 Å². The summed E-state index contributed by atoms with van der Waals surface area (Å²) in [5.41, 5.74) is 1.68. The normalized spacial score (nSPS) is 8.97. The van der Waals surface area contributed by atoms with E-state index < -0.39 is 11.6 Å². The Balaban J connectivity index is 0.000000737. The predicted molar refractivity (Wildman–Crippen MR) is 106 cm³/mol. The molecule has 2 heterocycles. The fourth-order valence-electron chi connectivity index (χ4n) is 2.08. The quantitative estimate of drug-likeness (QED) is 0.441. The minimum Gasteiger partial charge on any atom is -0.512 e. The van der Waals surface area contributed by atoms with Crippen molar-refractivity contribution in [3.05, 3.63) is 79.1 Å². The fraction of sp³-hybridized carbons (Fsp3) is 0.190. The van der Waals surface area contributed by atoms with Gasteiger partial charge in [-0.05, 0) is 17.8 Å². The van der Waals surface area contributed by atoms with Gasteiger partial charge in [0.15, 0.2) is 0 Å². The Morgan fingerprint density at radius 1 is 0.897 bits per heavy atom. The van der Waals surface area contributed by atoms with Gasteiger partial charge in [0.2, 0.25) is 0 Å². The second-order valence-corrected chi connectivity index (χ2v) is 5.94. The summed E-state index contributed by atoms with van der Waals surface area (Å²) < 4.78 is 26.6. The van der Waals surface area contributed by atoms with Crippen LogP contribution in [0.4, 0.5) is 20.3 Å². The molecule has 0 fully saturated rings. The minimum atomic E-state index is -0.733. The van der Waals surface area contributed by atoms with E-state index in [0.29, 0.717) is 17.1 Å². The average Bonchev–Trinajstić information content (AvgIpc) is 2.70. The minimum absolute atomic E-state index is 0. The molecular weight excluding hydrogens is 552 g/mol. The summed E-state index contributed by atoms with van der Waals surface area (Å²) in [4.78, 5) is 11.9. The van der Waals surface area contributed by atoms with Crippen LogP contribution >= 0.6 is 0 Å². The standard InChI is InChI=1S/C15H16F2N3.C5H5N.CN.Ir/c1-19(2)13-8-14(18-15(9-13)20(3)4)10-5-11(16)7-12(17)6-10;1-2-4-6-5-3-1;1-2;/h5,7-9H,1-4H3;1-5H;;/q-1;;-1;. The van der Waals surface area contributed by atoms with Crippen LogP contribution in [-0.2, 0) is 20.1 Å². The number of nitrogens with zero attached hydrogens (tertiary/aromatic N) is 5. The monoisotopic (exact) mass is 574 g/mol. The third-order valence-electron chi connectivity index (χ3n) is 3.41. The maximum Gasteiger partial charge on any atom is 0.120 e. The first-order chi connectivity index (χ1) is 13.4. The molecule has 0 amide bonds. The zero-order chi connectivity index (χ0) is 21.1. The van der Waals surface area contributed by atoms with Crippen molar-refractivity contribution in [2.75, 3.05) is 38.0 Å². The zero-order valence-electron chi connectivity index (χ0n) is 16.5. The molecule has 3 aromatic rings. The molecule has 0 atom stereocenters. The van der Waals surface area contributed by atoms with Crippen molar-refractivity contribution in [1.29, 1.82) is 5.26 Å². The van der Waals surface area contributed by atoms with E-state index in [1.807, 2.05) is 62.3 Å². The van der Waals surface area contributed by atoms with Gasteiger partial charge in [-0.3, -0.25) is 9.97 Å². The molecule has 0 aliphatic rings. The van der Waals surface area contributed by atoms with Gasteiger partial charge in [0.1, 0.15) is 5.82 Å². The van der Waals surface area contributed by atoms with Crippen molar-refractivity contribution >= 4 is 11.5 Å². The van der Waals surface area contributed by atoms with Crippen LogP contribution in [0, 0.1) is 29.5 Å². The number of halogens is 2. The van der Waals surface area contributed by atoms with Crippen molar-refractivity contribution in [3.63, 3.8) is 0 Å². The second kappa shape index (κ2) is 13.3. The van der Waals surface area contributed by atoms with Crippen molar-refractivity contribution in [3.8, 4) is 11.3 Å². The molecule has 29 heavy (non-hydrogen) atoms. The number of rotatable bonds is 3. The summed E-state index contributed by atoms with van der Waals surface area (Å²) in [5.74, 6) is -0.660. The van der Waals surface area contributed by atoms with Crippen LogP contribution in [0.3, 0.4) is 0 Å². The molecule has 2 aromatic heterocycles. The number of pyridine rings is 2. The van der Waals surface area contributed by atoms with Crippen LogP contribution in [0.1, 0.15) is 0 Å². The fourth-order valence-corrected chi connectivity index (χ4v) is 2.08. The second-order valence-electron chi connectivity index (χ2n) is 5.94. The van der Waals surface area contributed by atoms with Crippen LogP contribution in [0.5, 0.6) is 0 Å². The zero-order valence-corrected chi connectivity index (χ0v) is 18.9. The Kier molecular flexibility index (Phi) is 12.0. The number of aromatic nitrogens is 2. The smallest absolute Gasteiger partial charge is 0.120 e. The number of benzene rings is 1. The first-order valence-corrected chi connectivity index (χ1v) is 8.19. The molecule has 5 nitrogen and oxygen atoms in total. The molecule has 3 rings (SSSR count). The van der Waals surface area contributed by atoms with Gasteiger partial charge in [-0.2, -0.15) is 0 Å². The Bertz CT molecular complexity index is 814. The Morgan fingerprint density at radius 2 is 1.52 bits per heavy atom. The molecule has 155 valence electrons. The number of hydrogen-bond donors (Lipinski definition) is 0. The summed E-state index contributed by atoms with van der Waals surface area (Å²) >= 11 is 0. The van der Waals surface area contributed by atoms with Crippen LogP contribution in [0.15, 0.2) is 54.9 Å². The van der Waals surface area contributed by atoms with E-state index in [-0.39, 0.29) is 20.1 Å².